The molecule has 0 aliphatic rings. The van der Waals surface area contributed by atoms with Crippen LogP contribution in [-0.4, -0.2) is 40.2 Å². The topological polar surface area (TPSA) is 58.2 Å². The van der Waals surface area contributed by atoms with Crippen molar-refractivity contribution in [2.75, 3.05) is 14.2 Å². The van der Waals surface area contributed by atoms with Crippen LogP contribution in [0.4, 0.5) is 0 Å². The van der Waals surface area contributed by atoms with Crippen molar-refractivity contribution in [3.63, 3.8) is 0 Å². The zero-order valence-electron chi connectivity index (χ0n) is 14.5. The van der Waals surface area contributed by atoms with E-state index in [1.807, 2.05) is 62.5 Å². The van der Waals surface area contributed by atoms with E-state index >= 15 is 0 Å². The van der Waals surface area contributed by atoms with Crippen LogP contribution in [0.1, 0.15) is 12.5 Å². The van der Waals surface area contributed by atoms with Gasteiger partial charge in [0.15, 0.2) is 5.16 Å². The largest absolute Gasteiger partial charge is 0.497 e. The number of aromatic nitrogens is 2. The number of hydrogen-bond donors (Lipinski definition) is 1. The van der Waals surface area contributed by atoms with Gasteiger partial charge in [-0.05, 0) is 24.6 Å². The van der Waals surface area contributed by atoms with E-state index in [1.54, 1.807) is 12.0 Å². The van der Waals surface area contributed by atoms with Crippen LogP contribution in [-0.2, 0) is 11.3 Å². The maximum atomic E-state index is 12.6. The molecule has 0 aliphatic carbocycles. The zero-order valence-corrected chi connectivity index (χ0v) is 15.3. The molecule has 2 aromatic carbocycles. The highest BCUT2D eigenvalue weighted by Gasteiger charge is 2.20. The van der Waals surface area contributed by atoms with Gasteiger partial charge in [-0.25, -0.2) is 4.98 Å². The molecule has 3 rings (SSSR count). The van der Waals surface area contributed by atoms with Crippen molar-refractivity contribution in [1.29, 1.82) is 0 Å². The second-order valence-electron chi connectivity index (χ2n) is 5.87. The molecule has 6 heteroatoms. The van der Waals surface area contributed by atoms with E-state index in [-0.39, 0.29) is 11.2 Å². The van der Waals surface area contributed by atoms with Gasteiger partial charge in [-0.3, -0.25) is 4.79 Å². The number of H-pyrrole nitrogens is 1. The van der Waals surface area contributed by atoms with Crippen LogP contribution in [0.15, 0.2) is 53.7 Å². The Kier molecular flexibility index (Phi) is 5.28. The van der Waals surface area contributed by atoms with E-state index in [2.05, 4.69) is 9.97 Å². The molecule has 1 aromatic heterocycles. The van der Waals surface area contributed by atoms with Gasteiger partial charge in [-0.15, -0.1) is 0 Å². The molecule has 130 valence electrons. The van der Waals surface area contributed by atoms with Crippen LogP contribution < -0.4 is 4.74 Å². The van der Waals surface area contributed by atoms with Crippen LogP contribution in [0.25, 0.3) is 11.0 Å². The first-order chi connectivity index (χ1) is 12.1. The van der Waals surface area contributed by atoms with E-state index in [9.17, 15) is 4.79 Å². The number of thioether (sulfide) groups is 1. The SMILES string of the molecule is COc1ccc2nc(S[C@H](C)C(=O)N(C)Cc3ccccc3)[nH]c2c1. The zero-order chi connectivity index (χ0) is 17.8. The number of rotatable bonds is 6. The fraction of sp³-hybridized carbons (Fsp3) is 0.263. The lowest BCUT2D eigenvalue weighted by molar-refractivity contribution is -0.129. The number of nitrogens with one attached hydrogen (secondary N) is 1. The summed E-state index contributed by atoms with van der Waals surface area (Å²) in [5.41, 5.74) is 2.88. The predicted octanol–water partition coefficient (Wildman–Crippen LogP) is 3.71. The monoisotopic (exact) mass is 355 g/mol. The van der Waals surface area contributed by atoms with Gasteiger partial charge in [0.1, 0.15) is 5.75 Å². The van der Waals surface area contributed by atoms with E-state index in [0.717, 1.165) is 27.5 Å². The molecule has 0 fully saturated rings. The maximum absolute atomic E-state index is 12.6. The van der Waals surface area contributed by atoms with Crippen molar-refractivity contribution in [2.24, 2.45) is 0 Å². The Morgan fingerprint density at radius 3 is 2.76 bits per heavy atom. The fourth-order valence-electron chi connectivity index (χ4n) is 2.61. The van der Waals surface area contributed by atoms with Gasteiger partial charge in [0.2, 0.25) is 5.91 Å². The third-order valence-electron chi connectivity index (χ3n) is 3.94. The van der Waals surface area contributed by atoms with Gasteiger partial charge in [-0.2, -0.15) is 0 Å². The molecule has 0 saturated heterocycles. The van der Waals surface area contributed by atoms with E-state index in [4.69, 9.17) is 4.74 Å². The van der Waals surface area contributed by atoms with Crippen LogP contribution in [0.2, 0.25) is 0 Å². The molecule has 3 aromatic rings. The minimum Gasteiger partial charge on any atom is -0.497 e. The number of ether oxygens (including phenoxy) is 1. The van der Waals surface area contributed by atoms with Crippen molar-refractivity contribution < 1.29 is 9.53 Å². The second kappa shape index (κ2) is 7.61. The molecule has 0 aliphatic heterocycles. The third-order valence-corrected chi connectivity index (χ3v) is 4.91. The number of amides is 1. The summed E-state index contributed by atoms with van der Waals surface area (Å²) in [7, 11) is 3.46. The van der Waals surface area contributed by atoms with Crippen molar-refractivity contribution in [1.82, 2.24) is 14.9 Å². The van der Waals surface area contributed by atoms with E-state index in [0.29, 0.717) is 6.54 Å². The van der Waals surface area contributed by atoms with Crippen molar-refractivity contribution in [3.8, 4) is 5.75 Å². The number of imidazole rings is 1. The number of carbonyl (C=O) groups excluding carboxylic acids is 1. The lowest BCUT2D eigenvalue weighted by atomic mass is 10.2. The van der Waals surface area contributed by atoms with E-state index < -0.39 is 0 Å². The Balaban J connectivity index is 1.66. The number of nitrogens with zero attached hydrogens (tertiary/aromatic N) is 2. The molecule has 25 heavy (non-hydrogen) atoms. The first-order valence-electron chi connectivity index (χ1n) is 8.06. The Morgan fingerprint density at radius 1 is 1.28 bits per heavy atom. The molecule has 5 nitrogen and oxygen atoms in total. The first-order valence-corrected chi connectivity index (χ1v) is 8.94. The van der Waals surface area contributed by atoms with Crippen LogP contribution in [0.3, 0.4) is 0 Å². The van der Waals surface area contributed by atoms with Crippen LogP contribution >= 0.6 is 11.8 Å². The molecule has 0 saturated carbocycles. The molecule has 0 bridgehead atoms. The number of benzene rings is 2. The summed E-state index contributed by atoms with van der Waals surface area (Å²) in [6.07, 6.45) is 0. The normalized spacial score (nSPS) is 12.1. The third kappa shape index (κ3) is 4.14. The van der Waals surface area contributed by atoms with Gasteiger partial charge < -0.3 is 14.6 Å². The fourth-order valence-corrected chi connectivity index (χ4v) is 3.55. The molecule has 1 heterocycles. The highest BCUT2D eigenvalue weighted by molar-refractivity contribution is 8.00. The van der Waals surface area contributed by atoms with Crippen molar-refractivity contribution >= 4 is 28.7 Å². The maximum Gasteiger partial charge on any atom is 0.235 e. The summed E-state index contributed by atoms with van der Waals surface area (Å²) < 4.78 is 5.22. The second-order valence-corrected chi connectivity index (χ2v) is 7.19. The molecule has 0 spiro atoms. The lowest BCUT2D eigenvalue weighted by Crippen LogP contribution is -2.32. The van der Waals surface area contributed by atoms with Crippen LogP contribution in [0.5, 0.6) is 5.75 Å². The standard InChI is InChI=1S/C19H21N3O2S/c1-13(18(23)22(2)12-14-7-5-4-6-8-14)25-19-20-16-10-9-15(24-3)11-17(16)21-19/h4-11,13H,12H2,1-3H3,(H,20,21)/t13-/m1/s1. The van der Waals surface area contributed by atoms with Gasteiger partial charge in [0.25, 0.3) is 0 Å². The summed E-state index contributed by atoms with van der Waals surface area (Å²) in [4.78, 5) is 22.1. The number of methoxy groups -OCH3 is 1. The van der Waals surface area contributed by atoms with E-state index in [1.165, 1.54) is 11.8 Å². The van der Waals surface area contributed by atoms with Crippen molar-refractivity contribution in [2.45, 2.75) is 23.9 Å². The molecule has 1 N–H and O–H groups in total. The summed E-state index contributed by atoms with van der Waals surface area (Å²) in [6, 6.07) is 15.7. The lowest BCUT2D eigenvalue weighted by Gasteiger charge is -2.20. The summed E-state index contributed by atoms with van der Waals surface area (Å²) >= 11 is 1.43. The number of hydrogen-bond acceptors (Lipinski definition) is 4. The Hall–Kier alpha value is -2.47. The highest BCUT2D eigenvalue weighted by Crippen LogP contribution is 2.26. The highest BCUT2D eigenvalue weighted by atomic mass is 32.2. The van der Waals surface area contributed by atoms with Crippen LogP contribution in [0, 0.1) is 0 Å². The Bertz CT molecular complexity index is 863. The Labute approximate surface area is 151 Å². The van der Waals surface area contributed by atoms with Gasteiger partial charge in [0, 0.05) is 19.7 Å². The van der Waals surface area contributed by atoms with Gasteiger partial charge >= 0.3 is 0 Å². The smallest absolute Gasteiger partial charge is 0.235 e. The molecule has 0 unspecified atom stereocenters. The minimum atomic E-state index is -0.226. The molecule has 1 atom stereocenters. The number of fused-ring (bicyclic) bond motifs is 1. The first kappa shape index (κ1) is 17.4. The summed E-state index contributed by atoms with van der Waals surface area (Å²) in [5.74, 6) is 0.853. The summed E-state index contributed by atoms with van der Waals surface area (Å²) in [5, 5.41) is 0.508. The minimum absolute atomic E-state index is 0.0758. The molecule has 0 radical (unpaired) electrons. The van der Waals surface area contributed by atoms with Crippen molar-refractivity contribution in [3.05, 3.63) is 54.1 Å². The quantitative estimate of drug-likeness (QED) is 0.685. The average Bonchev–Trinajstić information content (AvgIpc) is 3.02. The molecular formula is C19H21N3O2S. The Morgan fingerprint density at radius 2 is 2.04 bits per heavy atom. The summed E-state index contributed by atoms with van der Waals surface area (Å²) in [6.45, 7) is 2.50. The predicted molar refractivity (Wildman–Crippen MR) is 101 cm³/mol. The average molecular weight is 355 g/mol. The number of carbonyl (C=O) groups is 1. The molecular weight excluding hydrogens is 334 g/mol. The van der Waals surface area contributed by atoms with Gasteiger partial charge in [0.05, 0.1) is 23.4 Å². The number of aromatic amines is 1. The molecule has 1 amide bonds. The van der Waals surface area contributed by atoms with Gasteiger partial charge in [-0.1, -0.05) is 42.1 Å².